The van der Waals surface area contributed by atoms with E-state index in [2.05, 4.69) is 25.9 Å². The molecule has 4 nitrogen and oxygen atoms in total. The molecule has 1 aliphatic heterocycles. The molecule has 3 heterocycles. The molecule has 0 saturated carbocycles. The Hall–Kier alpha value is -1.97. The minimum absolute atomic E-state index is 0.341. The second-order valence-electron chi connectivity index (χ2n) is 4.17. The lowest BCUT2D eigenvalue weighted by molar-refractivity contribution is 0.686. The van der Waals surface area contributed by atoms with Crippen molar-refractivity contribution in [1.82, 2.24) is 15.0 Å². The van der Waals surface area contributed by atoms with E-state index in [0.29, 0.717) is 6.04 Å². The molecule has 0 aromatic carbocycles. The maximum absolute atomic E-state index is 4.45. The Morgan fingerprint density at radius 3 is 2.88 bits per heavy atom. The Kier molecular flexibility index (Phi) is 2.69. The van der Waals surface area contributed by atoms with Gasteiger partial charge in [0, 0.05) is 25.1 Å². The third kappa shape index (κ3) is 1.98. The highest BCUT2D eigenvalue weighted by Crippen LogP contribution is 2.33. The van der Waals surface area contributed by atoms with Crippen LogP contribution in [0.3, 0.4) is 0 Å². The fraction of sp³-hybridized carbons (Fsp3) is 0.308. The smallest absolute Gasteiger partial charge is 0.147 e. The molecule has 0 spiro atoms. The molecule has 0 amide bonds. The van der Waals surface area contributed by atoms with Crippen LogP contribution in [0.15, 0.2) is 43.0 Å². The van der Waals surface area contributed by atoms with E-state index in [1.807, 2.05) is 24.5 Å². The molecular weight excluding hydrogens is 212 g/mol. The van der Waals surface area contributed by atoms with Crippen LogP contribution in [0.4, 0.5) is 5.82 Å². The fourth-order valence-corrected chi connectivity index (χ4v) is 2.36. The van der Waals surface area contributed by atoms with E-state index in [4.69, 9.17) is 0 Å². The highest BCUT2D eigenvalue weighted by Gasteiger charge is 2.27. The number of anilines is 1. The zero-order valence-electron chi connectivity index (χ0n) is 9.53. The molecule has 0 N–H and O–H groups in total. The minimum Gasteiger partial charge on any atom is -0.347 e. The van der Waals surface area contributed by atoms with Gasteiger partial charge in [0.05, 0.1) is 17.9 Å². The van der Waals surface area contributed by atoms with Gasteiger partial charge in [0.2, 0.25) is 0 Å². The van der Waals surface area contributed by atoms with Gasteiger partial charge in [0.15, 0.2) is 0 Å². The van der Waals surface area contributed by atoms with Crippen molar-refractivity contribution in [1.29, 1.82) is 0 Å². The Morgan fingerprint density at radius 1 is 1.12 bits per heavy atom. The first-order valence-electron chi connectivity index (χ1n) is 5.89. The molecule has 4 heteroatoms. The zero-order chi connectivity index (χ0) is 11.5. The first-order valence-corrected chi connectivity index (χ1v) is 5.89. The highest BCUT2D eigenvalue weighted by molar-refractivity contribution is 5.40. The van der Waals surface area contributed by atoms with Gasteiger partial charge in [-0.15, -0.1) is 0 Å². The molecule has 17 heavy (non-hydrogen) atoms. The standard InChI is InChI=1S/C13H14N4/c1-2-6-15-11(4-1)12-5-3-9-17(12)13-10-14-7-8-16-13/h1-2,4,6-8,10,12H,3,5,9H2/t12-/m0/s1. The number of nitrogens with zero attached hydrogens (tertiary/aromatic N) is 4. The second kappa shape index (κ2) is 4.49. The first-order chi connectivity index (χ1) is 8.45. The first kappa shape index (κ1) is 10.2. The third-order valence-corrected chi connectivity index (χ3v) is 3.13. The van der Waals surface area contributed by atoms with Crippen LogP contribution in [0, 0.1) is 0 Å². The van der Waals surface area contributed by atoms with Gasteiger partial charge in [-0.1, -0.05) is 6.07 Å². The monoisotopic (exact) mass is 226 g/mol. The number of hydrogen-bond donors (Lipinski definition) is 0. The summed E-state index contributed by atoms with van der Waals surface area (Å²) in [6, 6.07) is 6.41. The molecular formula is C13H14N4. The molecule has 0 radical (unpaired) electrons. The van der Waals surface area contributed by atoms with Crippen molar-refractivity contribution in [2.75, 3.05) is 11.4 Å². The van der Waals surface area contributed by atoms with Crippen LogP contribution >= 0.6 is 0 Å². The van der Waals surface area contributed by atoms with Gasteiger partial charge in [0.25, 0.3) is 0 Å². The second-order valence-corrected chi connectivity index (χ2v) is 4.17. The van der Waals surface area contributed by atoms with Crippen LogP contribution in [-0.2, 0) is 0 Å². The van der Waals surface area contributed by atoms with Gasteiger partial charge in [-0.05, 0) is 25.0 Å². The van der Waals surface area contributed by atoms with E-state index >= 15 is 0 Å². The molecule has 2 aromatic heterocycles. The average molecular weight is 226 g/mol. The summed E-state index contributed by atoms with van der Waals surface area (Å²) < 4.78 is 0. The van der Waals surface area contributed by atoms with Crippen LogP contribution in [0.5, 0.6) is 0 Å². The number of hydrogen-bond acceptors (Lipinski definition) is 4. The minimum atomic E-state index is 0.341. The van der Waals surface area contributed by atoms with E-state index in [9.17, 15) is 0 Å². The van der Waals surface area contributed by atoms with Gasteiger partial charge in [-0.2, -0.15) is 0 Å². The summed E-state index contributed by atoms with van der Waals surface area (Å²) in [7, 11) is 0. The summed E-state index contributed by atoms with van der Waals surface area (Å²) in [6.07, 6.45) is 9.42. The topological polar surface area (TPSA) is 41.9 Å². The summed E-state index contributed by atoms with van der Waals surface area (Å²) >= 11 is 0. The number of aromatic nitrogens is 3. The van der Waals surface area contributed by atoms with E-state index in [0.717, 1.165) is 24.5 Å². The van der Waals surface area contributed by atoms with E-state index in [-0.39, 0.29) is 0 Å². The molecule has 3 rings (SSSR count). The van der Waals surface area contributed by atoms with Crippen molar-refractivity contribution >= 4 is 5.82 Å². The van der Waals surface area contributed by atoms with Crippen molar-refractivity contribution in [3.63, 3.8) is 0 Å². The molecule has 1 aliphatic rings. The molecule has 2 aromatic rings. The molecule has 0 bridgehead atoms. The highest BCUT2D eigenvalue weighted by atomic mass is 15.2. The fourth-order valence-electron chi connectivity index (χ4n) is 2.36. The van der Waals surface area contributed by atoms with Gasteiger partial charge in [0.1, 0.15) is 5.82 Å². The summed E-state index contributed by atoms with van der Waals surface area (Å²) in [5.74, 6) is 0.945. The molecule has 86 valence electrons. The van der Waals surface area contributed by atoms with Crippen molar-refractivity contribution in [3.05, 3.63) is 48.7 Å². The zero-order valence-corrected chi connectivity index (χ0v) is 9.53. The Bertz CT molecular complexity index is 426. The largest absolute Gasteiger partial charge is 0.347 e. The van der Waals surface area contributed by atoms with Gasteiger partial charge >= 0.3 is 0 Å². The summed E-state index contributed by atoms with van der Waals surface area (Å²) in [5.41, 5.74) is 1.12. The van der Waals surface area contributed by atoms with Crippen molar-refractivity contribution < 1.29 is 0 Å². The number of pyridine rings is 1. The van der Waals surface area contributed by atoms with Crippen LogP contribution in [0.1, 0.15) is 24.6 Å². The Labute approximate surface area is 100 Å². The predicted molar refractivity (Wildman–Crippen MR) is 65.6 cm³/mol. The van der Waals surface area contributed by atoms with Gasteiger partial charge < -0.3 is 4.90 Å². The average Bonchev–Trinajstić information content (AvgIpc) is 2.90. The quantitative estimate of drug-likeness (QED) is 0.787. The third-order valence-electron chi connectivity index (χ3n) is 3.13. The predicted octanol–water partition coefficient (Wildman–Crippen LogP) is 2.21. The van der Waals surface area contributed by atoms with Crippen LogP contribution in [-0.4, -0.2) is 21.5 Å². The van der Waals surface area contributed by atoms with E-state index in [1.54, 1.807) is 12.4 Å². The summed E-state index contributed by atoms with van der Waals surface area (Å²) in [6.45, 7) is 1.03. The molecule has 1 saturated heterocycles. The molecule has 1 atom stereocenters. The van der Waals surface area contributed by atoms with Crippen LogP contribution < -0.4 is 4.90 Å². The van der Waals surface area contributed by atoms with Crippen LogP contribution in [0.2, 0.25) is 0 Å². The lowest BCUT2D eigenvalue weighted by atomic mass is 10.1. The Balaban J connectivity index is 1.91. The van der Waals surface area contributed by atoms with E-state index < -0.39 is 0 Å². The van der Waals surface area contributed by atoms with Crippen molar-refractivity contribution in [3.8, 4) is 0 Å². The van der Waals surface area contributed by atoms with Gasteiger partial charge in [-0.3, -0.25) is 9.97 Å². The summed E-state index contributed by atoms with van der Waals surface area (Å²) in [4.78, 5) is 15.2. The van der Waals surface area contributed by atoms with Crippen molar-refractivity contribution in [2.24, 2.45) is 0 Å². The molecule has 0 aliphatic carbocycles. The van der Waals surface area contributed by atoms with E-state index in [1.165, 1.54) is 6.42 Å². The SMILES string of the molecule is c1ccc([C@@H]2CCCN2c2cnccn2)nc1. The lowest BCUT2D eigenvalue weighted by Gasteiger charge is -2.24. The maximum Gasteiger partial charge on any atom is 0.147 e. The molecule has 1 fully saturated rings. The van der Waals surface area contributed by atoms with Crippen molar-refractivity contribution in [2.45, 2.75) is 18.9 Å². The Morgan fingerprint density at radius 2 is 2.12 bits per heavy atom. The van der Waals surface area contributed by atoms with Crippen LogP contribution in [0.25, 0.3) is 0 Å². The summed E-state index contributed by atoms with van der Waals surface area (Å²) in [5, 5.41) is 0. The maximum atomic E-state index is 4.45. The van der Waals surface area contributed by atoms with Gasteiger partial charge in [-0.25, -0.2) is 4.98 Å². The number of rotatable bonds is 2. The lowest BCUT2D eigenvalue weighted by Crippen LogP contribution is -2.24. The molecule has 0 unspecified atom stereocenters. The normalized spacial score (nSPS) is 19.5.